The summed E-state index contributed by atoms with van der Waals surface area (Å²) in [4.78, 5) is 26.8. The second-order valence-corrected chi connectivity index (χ2v) is 6.24. The first-order valence-electron chi connectivity index (χ1n) is 7.73. The van der Waals surface area contributed by atoms with Crippen molar-refractivity contribution in [2.24, 2.45) is 5.92 Å². The molecule has 0 aliphatic carbocycles. The number of hydrogen-bond acceptors (Lipinski definition) is 4. The van der Waals surface area contributed by atoms with Crippen LogP contribution in [0.3, 0.4) is 0 Å². The van der Waals surface area contributed by atoms with Crippen molar-refractivity contribution < 1.29 is 14.3 Å². The van der Waals surface area contributed by atoms with Gasteiger partial charge in [-0.05, 0) is 30.5 Å². The number of hydrogen-bond donors (Lipinski definition) is 1. The van der Waals surface area contributed by atoms with Gasteiger partial charge in [-0.1, -0.05) is 31.5 Å². The minimum Gasteiger partial charge on any atom is -0.488 e. The zero-order chi connectivity index (χ0) is 17.5. The Morgan fingerprint density at radius 1 is 1.29 bits per heavy atom. The summed E-state index contributed by atoms with van der Waals surface area (Å²) in [6, 6.07) is 7.86. The number of pyridine rings is 1. The SMILES string of the molecule is CC(C)CCOc1c[nH]c(COC(=O)c2cccc(Cl)c2)cc1=O. The number of esters is 1. The first kappa shape index (κ1) is 18.1. The van der Waals surface area contributed by atoms with Gasteiger partial charge >= 0.3 is 5.97 Å². The monoisotopic (exact) mass is 349 g/mol. The molecule has 0 radical (unpaired) electrons. The van der Waals surface area contributed by atoms with Crippen molar-refractivity contribution in [3.63, 3.8) is 0 Å². The molecular formula is C18H20ClNO4. The molecule has 128 valence electrons. The van der Waals surface area contributed by atoms with Crippen LogP contribution in [0.2, 0.25) is 5.02 Å². The molecule has 0 fully saturated rings. The Morgan fingerprint density at radius 2 is 2.08 bits per heavy atom. The summed E-state index contributed by atoms with van der Waals surface area (Å²) in [5.41, 5.74) is 0.608. The molecule has 1 aromatic heterocycles. The third-order valence-electron chi connectivity index (χ3n) is 3.31. The van der Waals surface area contributed by atoms with Crippen LogP contribution in [-0.2, 0) is 11.3 Å². The smallest absolute Gasteiger partial charge is 0.338 e. The lowest BCUT2D eigenvalue weighted by molar-refractivity contribution is 0.0467. The van der Waals surface area contributed by atoms with Crippen LogP contribution in [0.25, 0.3) is 0 Å². The number of halogens is 1. The van der Waals surface area contributed by atoms with Crippen LogP contribution in [0.4, 0.5) is 0 Å². The molecule has 0 amide bonds. The van der Waals surface area contributed by atoms with E-state index in [1.54, 1.807) is 18.2 Å². The topological polar surface area (TPSA) is 68.4 Å². The molecule has 1 aromatic carbocycles. The summed E-state index contributed by atoms with van der Waals surface area (Å²) in [5, 5.41) is 0.459. The molecule has 0 bridgehead atoms. The number of benzene rings is 1. The largest absolute Gasteiger partial charge is 0.488 e. The van der Waals surface area contributed by atoms with Crippen LogP contribution >= 0.6 is 11.6 Å². The molecule has 2 aromatic rings. The highest BCUT2D eigenvalue weighted by atomic mass is 35.5. The third kappa shape index (κ3) is 5.42. The van der Waals surface area contributed by atoms with E-state index >= 15 is 0 Å². The lowest BCUT2D eigenvalue weighted by atomic mass is 10.1. The number of nitrogens with one attached hydrogen (secondary N) is 1. The first-order valence-corrected chi connectivity index (χ1v) is 8.10. The van der Waals surface area contributed by atoms with E-state index in [0.717, 1.165) is 6.42 Å². The number of aromatic amines is 1. The third-order valence-corrected chi connectivity index (χ3v) is 3.54. The predicted octanol–water partition coefficient (Wildman–Crippen LogP) is 3.81. The maximum Gasteiger partial charge on any atom is 0.338 e. The fraction of sp³-hybridized carbons (Fsp3) is 0.333. The summed E-state index contributed by atoms with van der Waals surface area (Å²) in [7, 11) is 0. The molecule has 0 unspecified atom stereocenters. The molecule has 2 rings (SSSR count). The Labute approximate surface area is 145 Å². The molecular weight excluding hydrogens is 330 g/mol. The average molecular weight is 350 g/mol. The summed E-state index contributed by atoms with van der Waals surface area (Å²) >= 11 is 5.84. The molecule has 24 heavy (non-hydrogen) atoms. The van der Waals surface area contributed by atoms with E-state index in [2.05, 4.69) is 18.8 Å². The van der Waals surface area contributed by atoms with Crippen molar-refractivity contribution in [1.82, 2.24) is 4.98 Å². The van der Waals surface area contributed by atoms with Crippen molar-refractivity contribution in [2.45, 2.75) is 26.9 Å². The van der Waals surface area contributed by atoms with E-state index in [1.165, 1.54) is 18.3 Å². The highest BCUT2D eigenvalue weighted by Crippen LogP contribution is 2.12. The normalized spacial score (nSPS) is 10.7. The van der Waals surface area contributed by atoms with Gasteiger partial charge in [0.1, 0.15) is 6.61 Å². The van der Waals surface area contributed by atoms with E-state index in [-0.39, 0.29) is 17.8 Å². The van der Waals surface area contributed by atoms with Crippen LogP contribution in [0.15, 0.2) is 41.3 Å². The summed E-state index contributed by atoms with van der Waals surface area (Å²) in [6.45, 7) is 4.63. The highest BCUT2D eigenvalue weighted by Gasteiger charge is 2.09. The minimum atomic E-state index is -0.504. The van der Waals surface area contributed by atoms with Gasteiger partial charge in [-0.3, -0.25) is 4.79 Å². The first-order chi connectivity index (χ1) is 11.5. The molecule has 0 atom stereocenters. The maximum absolute atomic E-state index is 12.0. The van der Waals surface area contributed by atoms with Crippen molar-refractivity contribution in [3.8, 4) is 5.75 Å². The van der Waals surface area contributed by atoms with Crippen LogP contribution in [0, 0.1) is 5.92 Å². The van der Waals surface area contributed by atoms with Gasteiger partial charge in [-0.15, -0.1) is 0 Å². The number of rotatable bonds is 7. The van der Waals surface area contributed by atoms with E-state index in [9.17, 15) is 9.59 Å². The molecule has 6 heteroatoms. The van der Waals surface area contributed by atoms with Gasteiger partial charge in [0.05, 0.1) is 17.9 Å². The fourth-order valence-electron chi connectivity index (χ4n) is 1.94. The molecule has 1 N–H and O–H groups in total. The predicted molar refractivity (Wildman–Crippen MR) is 92.6 cm³/mol. The number of ether oxygens (including phenoxy) is 2. The zero-order valence-corrected chi connectivity index (χ0v) is 14.4. The molecule has 0 spiro atoms. The standard InChI is InChI=1S/C18H20ClNO4/c1-12(2)6-7-23-17-10-20-15(9-16(17)21)11-24-18(22)13-4-3-5-14(19)8-13/h3-5,8-10,12H,6-7,11H2,1-2H3,(H,20,21). The molecule has 0 aliphatic rings. The second kappa shape index (κ2) is 8.55. The van der Waals surface area contributed by atoms with Gasteiger partial charge in [0.25, 0.3) is 0 Å². The second-order valence-electron chi connectivity index (χ2n) is 5.80. The van der Waals surface area contributed by atoms with Gasteiger partial charge in [-0.25, -0.2) is 4.79 Å². The Balaban J connectivity index is 1.92. The quantitative estimate of drug-likeness (QED) is 0.772. The van der Waals surface area contributed by atoms with Crippen molar-refractivity contribution in [3.05, 3.63) is 63.0 Å². The Hall–Kier alpha value is -2.27. The van der Waals surface area contributed by atoms with E-state index in [0.29, 0.717) is 28.8 Å². The lowest BCUT2D eigenvalue weighted by Crippen LogP contribution is -2.13. The summed E-state index contributed by atoms with van der Waals surface area (Å²) in [6.07, 6.45) is 2.36. The van der Waals surface area contributed by atoms with Gasteiger partial charge in [-0.2, -0.15) is 0 Å². The Bertz CT molecular complexity index is 755. The van der Waals surface area contributed by atoms with Gasteiger partial charge in [0.2, 0.25) is 5.43 Å². The van der Waals surface area contributed by atoms with Crippen molar-refractivity contribution in [1.29, 1.82) is 0 Å². The molecule has 1 heterocycles. The lowest BCUT2D eigenvalue weighted by Gasteiger charge is -2.09. The van der Waals surface area contributed by atoms with Crippen molar-refractivity contribution >= 4 is 17.6 Å². The number of carbonyl (C=O) groups excluding carboxylic acids is 1. The number of aromatic nitrogens is 1. The van der Waals surface area contributed by atoms with Crippen LogP contribution in [0.1, 0.15) is 36.3 Å². The average Bonchev–Trinajstić information content (AvgIpc) is 2.54. The summed E-state index contributed by atoms with van der Waals surface area (Å²) < 4.78 is 10.6. The number of carbonyl (C=O) groups is 1. The summed E-state index contributed by atoms with van der Waals surface area (Å²) in [5.74, 6) is 0.269. The zero-order valence-electron chi connectivity index (χ0n) is 13.7. The molecule has 0 aliphatic heterocycles. The number of H-pyrrole nitrogens is 1. The van der Waals surface area contributed by atoms with Crippen molar-refractivity contribution in [2.75, 3.05) is 6.61 Å². The van der Waals surface area contributed by atoms with Gasteiger partial charge in [0, 0.05) is 17.3 Å². The van der Waals surface area contributed by atoms with Gasteiger partial charge < -0.3 is 14.5 Å². The van der Waals surface area contributed by atoms with Crippen LogP contribution in [-0.4, -0.2) is 17.6 Å². The van der Waals surface area contributed by atoms with E-state index in [4.69, 9.17) is 21.1 Å². The fourth-order valence-corrected chi connectivity index (χ4v) is 2.13. The highest BCUT2D eigenvalue weighted by molar-refractivity contribution is 6.30. The van der Waals surface area contributed by atoms with Crippen LogP contribution < -0.4 is 10.2 Å². The molecule has 0 saturated carbocycles. The maximum atomic E-state index is 12.0. The van der Waals surface area contributed by atoms with Gasteiger partial charge in [0.15, 0.2) is 5.75 Å². The molecule has 5 nitrogen and oxygen atoms in total. The molecule has 0 saturated heterocycles. The minimum absolute atomic E-state index is 0.0349. The Morgan fingerprint density at radius 3 is 2.75 bits per heavy atom. The van der Waals surface area contributed by atoms with E-state index < -0.39 is 5.97 Å². The van der Waals surface area contributed by atoms with E-state index in [1.807, 2.05) is 0 Å². The van der Waals surface area contributed by atoms with Crippen LogP contribution in [0.5, 0.6) is 5.75 Å². The Kier molecular flexibility index (Phi) is 6.44.